The second-order valence-corrected chi connectivity index (χ2v) is 8.61. The van der Waals surface area contributed by atoms with Crippen LogP contribution in [0.15, 0.2) is 39.6 Å². The number of nitrogens with zero attached hydrogens (tertiary/aromatic N) is 2. The minimum absolute atomic E-state index is 0.0147. The maximum Gasteiger partial charge on any atom is 0.416 e. The van der Waals surface area contributed by atoms with Gasteiger partial charge in [0.25, 0.3) is 11.5 Å². The number of pyridine rings is 1. The molecule has 1 aromatic carbocycles. The van der Waals surface area contributed by atoms with Gasteiger partial charge in [-0.05, 0) is 78.0 Å². The molecule has 0 radical (unpaired) electrons. The maximum absolute atomic E-state index is 13.3. The summed E-state index contributed by atoms with van der Waals surface area (Å²) in [4.78, 5) is 26.8. The van der Waals surface area contributed by atoms with E-state index in [4.69, 9.17) is 4.74 Å². The first-order chi connectivity index (χ1) is 14.1. The molecule has 4 rings (SSSR count). The third-order valence-electron chi connectivity index (χ3n) is 5.35. The van der Waals surface area contributed by atoms with E-state index in [0.29, 0.717) is 16.6 Å². The SMILES string of the molecule is CC1Cn2c(ccc(Br)c2=O)C(=O)N1CCc1cc(OC2CC2)cc(C(F)(F)F)c1. The summed E-state index contributed by atoms with van der Waals surface area (Å²) in [5.74, 6) is -0.0955. The van der Waals surface area contributed by atoms with Crippen LogP contribution in [-0.4, -0.2) is 34.1 Å². The van der Waals surface area contributed by atoms with Gasteiger partial charge >= 0.3 is 6.18 Å². The number of aromatic nitrogens is 1. The Morgan fingerprint density at radius 3 is 2.57 bits per heavy atom. The van der Waals surface area contributed by atoms with Crippen molar-refractivity contribution >= 4 is 21.8 Å². The number of ether oxygens (including phenoxy) is 1. The van der Waals surface area contributed by atoms with Crippen LogP contribution in [0.4, 0.5) is 13.2 Å². The molecule has 1 saturated carbocycles. The summed E-state index contributed by atoms with van der Waals surface area (Å²) in [5.41, 5.74) is -0.287. The van der Waals surface area contributed by atoms with Gasteiger partial charge in [-0.25, -0.2) is 0 Å². The molecule has 1 atom stereocenters. The van der Waals surface area contributed by atoms with Crippen molar-refractivity contribution in [3.8, 4) is 5.75 Å². The van der Waals surface area contributed by atoms with Gasteiger partial charge in [0.1, 0.15) is 11.4 Å². The van der Waals surface area contributed by atoms with Crippen LogP contribution in [0.2, 0.25) is 0 Å². The zero-order valence-corrected chi connectivity index (χ0v) is 17.8. The average molecular weight is 485 g/mol. The van der Waals surface area contributed by atoms with Crippen molar-refractivity contribution in [2.24, 2.45) is 0 Å². The molecule has 2 heterocycles. The van der Waals surface area contributed by atoms with Crippen molar-refractivity contribution in [2.45, 2.75) is 51.1 Å². The number of hydrogen-bond donors (Lipinski definition) is 0. The minimum Gasteiger partial charge on any atom is -0.490 e. The van der Waals surface area contributed by atoms with Gasteiger partial charge in [0.15, 0.2) is 0 Å². The first-order valence-electron chi connectivity index (χ1n) is 9.71. The van der Waals surface area contributed by atoms with Gasteiger partial charge < -0.3 is 14.2 Å². The van der Waals surface area contributed by atoms with E-state index < -0.39 is 11.7 Å². The lowest BCUT2D eigenvalue weighted by Gasteiger charge is -2.35. The predicted octanol–water partition coefficient (Wildman–Crippen LogP) is 4.26. The van der Waals surface area contributed by atoms with Crippen molar-refractivity contribution in [1.29, 1.82) is 0 Å². The average Bonchev–Trinajstić information content (AvgIpc) is 3.48. The van der Waals surface area contributed by atoms with E-state index in [0.717, 1.165) is 25.0 Å². The van der Waals surface area contributed by atoms with Crippen LogP contribution in [0.5, 0.6) is 5.75 Å². The lowest BCUT2D eigenvalue weighted by atomic mass is 10.0. The van der Waals surface area contributed by atoms with Gasteiger partial charge in [0.05, 0.1) is 16.1 Å². The predicted molar refractivity (Wildman–Crippen MR) is 108 cm³/mol. The van der Waals surface area contributed by atoms with Crippen molar-refractivity contribution < 1.29 is 22.7 Å². The number of amides is 1. The van der Waals surface area contributed by atoms with E-state index in [1.165, 1.54) is 10.6 Å². The molecular formula is C21H20BrF3N2O3. The summed E-state index contributed by atoms with van der Waals surface area (Å²) in [6, 6.07) is 6.60. The van der Waals surface area contributed by atoms with E-state index in [-0.39, 0.29) is 48.0 Å². The monoisotopic (exact) mass is 484 g/mol. The second-order valence-electron chi connectivity index (χ2n) is 7.76. The number of rotatable bonds is 5. The molecule has 9 heteroatoms. The van der Waals surface area contributed by atoms with E-state index in [9.17, 15) is 22.8 Å². The fourth-order valence-electron chi connectivity index (χ4n) is 3.62. The lowest BCUT2D eigenvalue weighted by molar-refractivity contribution is -0.137. The highest BCUT2D eigenvalue weighted by Gasteiger charge is 2.33. The number of benzene rings is 1. The number of fused-ring (bicyclic) bond motifs is 1. The molecule has 0 bridgehead atoms. The molecule has 30 heavy (non-hydrogen) atoms. The molecule has 0 spiro atoms. The molecule has 1 aliphatic carbocycles. The van der Waals surface area contributed by atoms with Crippen LogP contribution in [-0.2, 0) is 19.1 Å². The van der Waals surface area contributed by atoms with Crippen LogP contribution in [0.25, 0.3) is 0 Å². The van der Waals surface area contributed by atoms with Crippen molar-refractivity contribution in [3.63, 3.8) is 0 Å². The van der Waals surface area contributed by atoms with E-state index in [1.54, 1.807) is 17.0 Å². The molecule has 1 unspecified atom stereocenters. The molecule has 2 aliphatic rings. The largest absolute Gasteiger partial charge is 0.490 e. The Balaban J connectivity index is 1.56. The standard InChI is InChI=1S/C21H20BrF3N2O3/c1-12-11-27-18(5-4-17(22)19(27)28)20(29)26(12)7-6-13-8-14(21(23,24)25)10-16(9-13)30-15-2-3-15/h4-5,8-10,12,15H,2-3,6-7,11H2,1H3. The van der Waals surface area contributed by atoms with Crippen LogP contribution in [0, 0.1) is 0 Å². The van der Waals surface area contributed by atoms with Crippen molar-refractivity contribution in [2.75, 3.05) is 6.54 Å². The Bertz CT molecular complexity index is 1050. The van der Waals surface area contributed by atoms with Gasteiger partial charge in [-0.15, -0.1) is 0 Å². The maximum atomic E-state index is 13.3. The Morgan fingerprint density at radius 2 is 1.90 bits per heavy atom. The zero-order valence-electron chi connectivity index (χ0n) is 16.2. The molecular weight excluding hydrogens is 465 g/mol. The van der Waals surface area contributed by atoms with Gasteiger partial charge in [-0.2, -0.15) is 13.2 Å². The van der Waals surface area contributed by atoms with Crippen LogP contribution < -0.4 is 10.3 Å². The molecule has 1 aliphatic heterocycles. The first kappa shape index (κ1) is 21.0. The van der Waals surface area contributed by atoms with Crippen molar-refractivity contribution in [1.82, 2.24) is 9.47 Å². The molecule has 1 amide bonds. The van der Waals surface area contributed by atoms with E-state index in [1.807, 2.05) is 6.92 Å². The van der Waals surface area contributed by atoms with Gasteiger partial charge in [-0.1, -0.05) is 0 Å². The number of alkyl halides is 3. The fraction of sp³-hybridized carbons (Fsp3) is 0.429. The molecule has 160 valence electrons. The Labute approximate surface area is 179 Å². The van der Waals surface area contributed by atoms with Crippen LogP contribution in [0.1, 0.15) is 41.4 Å². The normalized spacial score (nSPS) is 19.0. The Kier molecular flexibility index (Phi) is 5.42. The van der Waals surface area contributed by atoms with Crippen LogP contribution in [0.3, 0.4) is 0 Å². The summed E-state index contributed by atoms with van der Waals surface area (Å²) in [6.07, 6.45) is -2.54. The molecule has 0 N–H and O–H groups in total. The molecule has 1 aromatic heterocycles. The Hall–Kier alpha value is -2.29. The summed E-state index contributed by atoms with van der Waals surface area (Å²) >= 11 is 3.18. The minimum atomic E-state index is -4.47. The number of carbonyl (C=O) groups excluding carboxylic acids is 1. The summed E-state index contributed by atoms with van der Waals surface area (Å²) < 4.78 is 47.3. The summed E-state index contributed by atoms with van der Waals surface area (Å²) in [7, 11) is 0. The number of halogens is 4. The van der Waals surface area contributed by atoms with E-state index in [2.05, 4.69) is 15.9 Å². The zero-order chi connectivity index (χ0) is 21.6. The molecule has 5 nitrogen and oxygen atoms in total. The van der Waals surface area contributed by atoms with Gasteiger partial charge in [0.2, 0.25) is 0 Å². The topological polar surface area (TPSA) is 51.5 Å². The van der Waals surface area contributed by atoms with Gasteiger partial charge in [-0.3, -0.25) is 9.59 Å². The van der Waals surface area contributed by atoms with Gasteiger partial charge in [0, 0.05) is 19.1 Å². The molecule has 1 fully saturated rings. The molecule has 2 aromatic rings. The lowest BCUT2D eigenvalue weighted by Crippen LogP contribution is -2.50. The highest BCUT2D eigenvalue weighted by Crippen LogP contribution is 2.35. The van der Waals surface area contributed by atoms with Crippen LogP contribution >= 0.6 is 15.9 Å². The third-order valence-corrected chi connectivity index (χ3v) is 5.95. The molecule has 0 saturated heterocycles. The second kappa shape index (κ2) is 7.76. The fourth-order valence-corrected chi connectivity index (χ4v) is 3.96. The Morgan fingerprint density at radius 1 is 1.17 bits per heavy atom. The number of hydrogen-bond acceptors (Lipinski definition) is 3. The third kappa shape index (κ3) is 4.26. The highest BCUT2D eigenvalue weighted by atomic mass is 79.9. The summed E-state index contributed by atoms with van der Waals surface area (Å²) in [6.45, 7) is 2.40. The van der Waals surface area contributed by atoms with E-state index >= 15 is 0 Å². The quantitative estimate of drug-likeness (QED) is 0.637. The van der Waals surface area contributed by atoms with Crippen molar-refractivity contribution in [3.05, 3.63) is 62.0 Å². The smallest absolute Gasteiger partial charge is 0.416 e. The summed E-state index contributed by atoms with van der Waals surface area (Å²) in [5, 5.41) is 0. The first-order valence-corrected chi connectivity index (χ1v) is 10.5. The number of carbonyl (C=O) groups is 1. The highest BCUT2D eigenvalue weighted by molar-refractivity contribution is 9.10.